The Morgan fingerprint density at radius 1 is 0.833 bits per heavy atom. The molecule has 0 aliphatic carbocycles. The summed E-state index contributed by atoms with van der Waals surface area (Å²) in [6, 6.07) is 8.58. The lowest BCUT2D eigenvalue weighted by Crippen LogP contribution is -2.31. The number of methoxy groups -OCH3 is 4. The molecule has 0 aliphatic heterocycles. The minimum atomic E-state index is -1.18. The molecular weight excluding hydrogens is 394 g/mol. The molecule has 0 atom stereocenters. The zero-order chi connectivity index (χ0) is 22.1. The van der Waals surface area contributed by atoms with E-state index >= 15 is 0 Å². The molecule has 2 aromatic rings. The van der Waals surface area contributed by atoms with Crippen LogP contribution in [-0.4, -0.2) is 52.2 Å². The maximum absolute atomic E-state index is 11.8. The van der Waals surface area contributed by atoms with Gasteiger partial charge in [-0.3, -0.25) is 4.79 Å². The number of hydrogen-bond donors (Lipinski definition) is 2. The summed E-state index contributed by atoms with van der Waals surface area (Å²) in [6.07, 6.45) is 2.71. The van der Waals surface area contributed by atoms with Crippen molar-refractivity contribution in [3.63, 3.8) is 0 Å². The van der Waals surface area contributed by atoms with E-state index in [1.807, 2.05) is 6.08 Å². The van der Waals surface area contributed by atoms with Gasteiger partial charge < -0.3 is 34.1 Å². The first kappa shape index (κ1) is 22.4. The Labute approximate surface area is 173 Å². The first-order valence-electron chi connectivity index (χ1n) is 8.75. The quantitative estimate of drug-likeness (QED) is 0.599. The highest BCUT2D eigenvalue weighted by molar-refractivity contribution is 5.79. The van der Waals surface area contributed by atoms with Gasteiger partial charge in [0.25, 0.3) is 0 Å². The SMILES string of the molecule is COc1ccc(/C=C\c2cc(OC)c(OC)c(OC)c2)cc1OC(=O)NCC(=O)O. The average Bonchev–Trinajstić information content (AvgIpc) is 2.75. The molecule has 0 bridgehead atoms. The Bertz CT molecular complexity index is 914. The van der Waals surface area contributed by atoms with Gasteiger partial charge in [-0.1, -0.05) is 18.2 Å². The first-order valence-corrected chi connectivity index (χ1v) is 8.75. The fourth-order valence-corrected chi connectivity index (χ4v) is 2.55. The van der Waals surface area contributed by atoms with Crippen LogP contribution in [0.15, 0.2) is 30.3 Å². The van der Waals surface area contributed by atoms with Gasteiger partial charge in [-0.15, -0.1) is 0 Å². The standard InChI is InChI=1S/C21H23NO8/c1-26-15-8-7-13(9-16(15)30-21(25)22-12-19(23)24)5-6-14-10-17(27-2)20(29-4)18(11-14)28-3/h5-11H,12H2,1-4H3,(H,22,25)(H,23,24)/b6-5-. The second-order valence-electron chi connectivity index (χ2n) is 5.84. The van der Waals surface area contributed by atoms with Crippen molar-refractivity contribution >= 4 is 24.2 Å². The molecule has 0 saturated carbocycles. The van der Waals surface area contributed by atoms with Crippen LogP contribution in [0, 0.1) is 0 Å². The Hall–Kier alpha value is -3.88. The summed E-state index contributed by atoms with van der Waals surface area (Å²) in [7, 11) is 6.03. The molecule has 0 aliphatic rings. The minimum absolute atomic E-state index is 0.146. The normalized spacial score (nSPS) is 10.4. The van der Waals surface area contributed by atoms with Crippen LogP contribution in [0.2, 0.25) is 0 Å². The largest absolute Gasteiger partial charge is 0.493 e. The summed E-state index contributed by atoms with van der Waals surface area (Å²) in [4.78, 5) is 22.3. The van der Waals surface area contributed by atoms with Gasteiger partial charge >= 0.3 is 12.1 Å². The molecule has 2 aromatic carbocycles. The highest BCUT2D eigenvalue weighted by Gasteiger charge is 2.13. The van der Waals surface area contributed by atoms with Crippen molar-refractivity contribution in [3.05, 3.63) is 41.5 Å². The Morgan fingerprint density at radius 2 is 1.40 bits per heavy atom. The van der Waals surface area contributed by atoms with Gasteiger partial charge in [0.05, 0.1) is 28.4 Å². The van der Waals surface area contributed by atoms with Gasteiger partial charge in [-0.05, 0) is 35.4 Å². The van der Waals surface area contributed by atoms with Gasteiger partial charge in [0.1, 0.15) is 6.54 Å². The van der Waals surface area contributed by atoms with Crippen LogP contribution in [0.1, 0.15) is 11.1 Å². The molecule has 0 fully saturated rings. The van der Waals surface area contributed by atoms with Crippen LogP contribution < -0.4 is 29.0 Å². The van der Waals surface area contributed by atoms with Crippen molar-refractivity contribution in [1.29, 1.82) is 0 Å². The Morgan fingerprint density at radius 3 is 1.93 bits per heavy atom. The fourth-order valence-electron chi connectivity index (χ4n) is 2.55. The number of carboxylic acids is 1. The van der Waals surface area contributed by atoms with E-state index in [9.17, 15) is 9.59 Å². The summed E-state index contributed by atoms with van der Waals surface area (Å²) in [5, 5.41) is 10.8. The van der Waals surface area contributed by atoms with E-state index in [1.54, 1.807) is 36.4 Å². The molecule has 0 radical (unpaired) electrons. The number of carbonyl (C=O) groups excluding carboxylic acids is 1. The van der Waals surface area contributed by atoms with Crippen LogP contribution in [0.25, 0.3) is 12.2 Å². The van der Waals surface area contributed by atoms with Gasteiger partial charge in [0.15, 0.2) is 23.0 Å². The second kappa shape index (κ2) is 10.6. The molecule has 9 heteroatoms. The molecule has 0 spiro atoms. The van der Waals surface area contributed by atoms with Crippen LogP contribution in [0.4, 0.5) is 4.79 Å². The Kier molecular flexibility index (Phi) is 7.92. The predicted molar refractivity (Wildman–Crippen MR) is 110 cm³/mol. The molecule has 9 nitrogen and oxygen atoms in total. The van der Waals surface area contributed by atoms with Crippen molar-refractivity contribution in [2.45, 2.75) is 0 Å². The maximum atomic E-state index is 11.8. The zero-order valence-electron chi connectivity index (χ0n) is 17.1. The second-order valence-corrected chi connectivity index (χ2v) is 5.84. The highest BCUT2D eigenvalue weighted by atomic mass is 16.6. The molecule has 30 heavy (non-hydrogen) atoms. The van der Waals surface area contributed by atoms with E-state index in [0.29, 0.717) is 28.6 Å². The monoisotopic (exact) mass is 417 g/mol. The summed E-state index contributed by atoms with van der Waals surface area (Å²) in [6.45, 7) is -0.554. The lowest BCUT2D eigenvalue weighted by molar-refractivity contribution is -0.135. The average molecular weight is 417 g/mol. The van der Waals surface area contributed by atoms with Crippen molar-refractivity contribution < 1.29 is 38.4 Å². The predicted octanol–water partition coefficient (Wildman–Crippen LogP) is 3.06. The zero-order valence-corrected chi connectivity index (χ0v) is 17.1. The third-order valence-corrected chi connectivity index (χ3v) is 3.93. The van der Waals surface area contributed by atoms with Crippen molar-refractivity contribution in [1.82, 2.24) is 5.32 Å². The molecule has 0 heterocycles. The van der Waals surface area contributed by atoms with E-state index in [2.05, 4.69) is 5.32 Å². The number of hydrogen-bond acceptors (Lipinski definition) is 7. The summed E-state index contributed by atoms with van der Waals surface area (Å²) in [5.74, 6) is 0.819. The number of amides is 1. The number of aliphatic carboxylic acids is 1. The number of carboxylic acid groups (broad SMARTS) is 1. The number of rotatable bonds is 9. The first-order chi connectivity index (χ1) is 14.4. The number of ether oxygens (including phenoxy) is 5. The molecule has 2 N–H and O–H groups in total. The van der Waals surface area contributed by atoms with Gasteiger partial charge in [-0.2, -0.15) is 0 Å². The molecule has 0 aromatic heterocycles. The summed E-state index contributed by atoms with van der Waals surface area (Å²) < 4.78 is 26.3. The number of benzene rings is 2. The van der Waals surface area contributed by atoms with Gasteiger partial charge in [0, 0.05) is 0 Å². The maximum Gasteiger partial charge on any atom is 0.413 e. The molecule has 0 unspecified atom stereocenters. The number of nitrogens with one attached hydrogen (secondary N) is 1. The van der Waals surface area contributed by atoms with Gasteiger partial charge in [0.2, 0.25) is 5.75 Å². The van der Waals surface area contributed by atoms with Crippen LogP contribution in [0.3, 0.4) is 0 Å². The lowest BCUT2D eigenvalue weighted by atomic mass is 10.1. The highest BCUT2D eigenvalue weighted by Crippen LogP contribution is 2.38. The van der Waals surface area contributed by atoms with Crippen molar-refractivity contribution in [2.24, 2.45) is 0 Å². The lowest BCUT2D eigenvalue weighted by Gasteiger charge is -2.13. The number of carbonyl (C=O) groups is 2. The molecule has 1 amide bonds. The van der Waals surface area contributed by atoms with Crippen LogP contribution >= 0.6 is 0 Å². The third-order valence-electron chi connectivity index (χ3n) is 3.93. The fraction of sp³-hybridized carbons (Fsp3) is 0.238. The topological polar surface area (TPSA) is 113 Å². The van der Waals surface area contributed by atoms with Gasteiger partial charge in [-0.25, -0.2) is 4.79 Å². The van der Waals surface area contributed by atoms with Crippen LogP contribution in [0.5, 0.6) is 28.7 Å². The molecule has 2 rings (SSSR count). The summed E-state index contributed by atoms with van der Waals surface area (Å²) in [5.41, 5.74) is 1.51. The van der Waals surface area contributed by atoms with Crippen LogP contribution in [-0.2, 0) is 4.79 Å². The minimum Gasteiger partial charge on any atom is -0.493 e. The molecule has 0 saturated heterocycles. The van der Waals surface area contributed by atoms with E-state index in [1.165, 1.54) is 28.4 Å². The van der Waals surface area contributed by atoms with E-state index in [4.69, 9.17) is 28.8 Å². The smallest absolute Gasteiger partial charge is 0.413 e. The van der Waals surface area contributed by atoms with E-state index in [-0.39, 0.29) is 5.75 Å². The third kappa shape index (κ3) is 5.81. The van der Waals surface area contributed by atoms with Crippen molar-refractivity contribution in [3.8, 4) is 28.7 Å². The van der Waals surface area contributed by atoms with Crippen molar-refractivity contribution in [2.75, 3.05) is 35.0 Å². The van der Waals surface area contributed by atoms with E-state index < -0.39 is 18.6 Å². The molecule has 160 valence electrons. The molecular formula is C21H23NO8. The summed E-state index contributed by atoms with van der Waals surface area (Å²) >= 11 is 0. The Balaban J connectivity index is 2.27. The van der Waals surface area contributed by atoms with E-state index in [0.717, 1.165) is 5.56 Å².